The number of hydrogen-bond donors (Lipinski definition) is 1. The van der Waals surface area contributed by atoms with E-state index < -0.39 is 10.0 Å². The third-order valence-electron chi connectivity index (χ3n) is 5.35. The van der Waals surface area contributed by atoms with Gasteiger partial charge < -0.3 is 10.2 Å². The minimum atomic E-state index is -3.59. The molecule has 0 spiro atoms. The lowest BCUT2D eigenvalue weighted by Crippen LogP contribution is -2.47. The summed E-state index contributed by atoms with van der Waals surface area (Å²) >= 11 is 0. The number of carbonyl (C=O) groups excluding carboxylic acids is 1. The van der Waals surface area contributed by atoms with Crippen molar-refractivity contribution >= 4 is 21.6 Å². The van der Waals surface area contributed by atoms with E-state index in [0.717, 1.165) is 12.0 Å². The van der Waals surface area contributed by atoms with Crippen LogP contribution in [0.25, 0.3) is 0 Å². The molecule has 0 aromatic heterocycles. The number of sulfonamides is 1. The van der Waals surface area contributed by atoms with Crippen LogP contribution in [0.5, 0.6) is 0 Å². The number of hydrogen-bond acceptors (Lipinski definition) is 4. The van der Waals surface area contributed by atoms with Crippen molar-refractivity contribution in [1.82, 2.24) is 9.21 Å². The van der Waals surface area contributed by atoms with Crippen molar-refractivity contribution < 1.29 is 13.2 Å². The quantitative estimate of drug-likeness (QED) is 0.788. The molecule has 1 aliphatic rings. The first-order valence-corrected chi connectivity index (χ1v) is 11.4. The van der Waals surface area contributed by atoms with Crippen LogP contribution in [0.3, 0.4) is 0 Å². The highest BCUT2D eigenvalue weighted by Crippen LogP contribution is 2.24. The van der Waals surface area contributed by atoms with Crippen LogP contribution in [0.2, 0.25) is 0 Å². The van der Waals surface area contributed by atoms with Gasteiger partial charge in [-0.2, -0.15) is 4.31 Å². The number of carbonyl (C=O) groups is 1. The SMILES string of the molecule is CCc1ccc(CC(=O)Nc2ccc(C)c(S(=O)(=O)N3CCN(C)CC3)c2)cc1. The van der Waals surface area contributed by atoms with Crippen LogP contribution in [0.4, 0.5) is 5.69 Å². The van der Waals surface area contributed by atoms with Gasteiger partial charge in [0.1, 0.15) is 0 Å². The largest absolute Gasteiger partial charge is 0.326 e. The summed E-state index contributed by atoms with van der Waals surface area (Å²) < 4.78 is 27.7. The van der Waals surface area contributed by atoms with Crippen molar-refractivity contribution in [3.63, 3.8) is 0 Å². The fraction of sp³-hybridized carbons (Fsp3) is 0.409. The van der Waals surface area contributed by atoms with E-state index >= 15 is 0 Å². The summed E-state index contributed by atoms with van der Waals surface area (Å²) in [5.41, 5.74) is 3.33. The molecule has 7 heteroatoms. The van der Waals surface area contributed by atoms with E-state index in [4.69, 9.17) is 0 Å². The van der Waals surface area contributed by atoms with E-state index in [1.54, 1.807) is 25.1 Å². The van der Waals surface area contributed by atoms with Gasteiger partial charge in [-0.05, 0) is 49.2 Å². The molecular weight excluding hydrogens is 386 g/mol. The first-order chi connectivity index (χ1) is 13.8. The Balaban J connectivity index is 1.73. The number of anilines is 1. The first kappa shape index (κ1) is 21.5. The molecule has 1 fully saturated rings. The Morgan fingerprint density at radius 1 is 1.00 bits per heavy atom. The number of piperazine rings is 1. The topological polar surface area (TPSA) is 69.7 Å². The Bertz CT molecular complexity index is 963. The molecule has 1 heterocycles. The van der Waals surface area contributed by atoms with Crippen LogP contribution in [0.15, 0.2) is 47.4 Å². The van der Waals surface area contributed by atoms with Crippen molar-refractivity contribution in [2.45, 2.75) is 31.6 Å². The van der Waals surface area contributed by atoms with Gasteiger partial charge in [0.2, 0.25) is 15.9 Å². The minimum Gasteiger partial charge on any atom is -0.326 e. The fourth-order valence-corrected chi connectivity index (χ4v) is 5.08. The number of nitrogens with one attached hydrogen (secondary N) is 1. The van der Waals surface area contributed by atoms with Crippen LogP contribution in [0.1, 0.15) is 23.6 Å². The van der Waals surface area contributed by atoms with E-state index in [2.05, 4.69) is 17.1 Å². The number of amides is 1. The van der Waals surface area contributed by atoms with E-state index in [0.29, 0.717) is 37.4 Å². The van der Waals surface area contributed by atoms with Gasteiger partial charge in [0.25, 0.3) is 0 Å². The summed E-state index contributed by atoms with van der Waals surface area (Å²) in [4.78, 5) is 14.8. The van der Waals surface area contributed by atoms with Gasteiger partial charge in [0.05, 0.1) is 11.3 Å². The van der Waals surface area contributed by atoms with Gasteiger partial charge in [-0.25, -0.2) is 8.42 Å². The van der Waals surface area contributed by atoms with Crippen LogP contribution in [-0.4, -0.2) is 56.8 Å². The van der Waals surface area contributed by atoms with E-state index in [1.165, 1.54) is 9.87 Å². The van der Waals surface area contributed by atoms with E-state index in [1.807, 2.05) is 31.3 Å². The lowest BCUT2D eigenvalue weighted by molar-refractivity contribution is -0.115. The minimum absolute atomic E-state index is 0.166. The second-order valence-electron chi connectivity index (χ2n) is 7.58. The van der Waals surface area contributed by atoms with Crippen molar-refractivity contribution in [3.05, 3.63) is 59.2 Å². The second-order valence-corrected chi connectivity index (χ2v) is 9.49. The van der Waals surface area contributed by atoms with Gasteiger partial charge in [0.15, 0.2) is 0 Å². The molecule has 0 atom stereocenters. The third-order valence-corrected chi connectivity index (χ3v) is 7.39. The molecule has 156 valence electrons. The fourth-order valence-electron chi connectivity index (χ4n) is 3.41. The van der Waals surface area contributed by atoms with Crippen molar-refractivity contribution in [2.24, 2.45) is 0 Å². The average molecular weight is 416 g/mol. The molecule has 0 bridgehead atoms. The summed E-state index contributed by atoms with van der Waals surface area (Å²) in [6.45, 7) is 6.25. The Morgan fingerprint density at radius 3 is 2.24 bits per heavy atom. The summed E-state index contributed by atoms with van der Waals surface area (Å²) in [7, 11) is -1.60. The predicted molar refractivity (Wildman–Crippen MR) is 116 cm³/mol. The van der Waals surface area contributed by atoms with E-state index in [-0.39, 0.29) is 17.2 Å². The molecule has 0 aliphatic carbocycles. The molecule has 1 N–H and O–H groups in total. The Morgan fingerprint density at radius 2 is 1.62 bits per heavy atom. The highest BCUT2D eigenvalue weighted by atomic mass is 32.2. The van der Waals surface area contributed by atoms with Gasteiger partial charge >= 0.3 is 0 Å². The van der Waals surface area contributed by atoms with Crippen LogP contribution < -0.4 is 5.32 Å². The molecule has 0 unspecified atom stereocenters. The van der Waals surface area contributed by atoms with Crippen LogP contribution in [-0.2, 0) is 27.7 Å². The number of nitrogens with zero attached hydrogens (tertiary/aromatic N) is 2. The van der Waals surface area contributed by atoms with Crippen molar-refractivity contribution in [1.29, 1.82) is 0 Å². The maximum absolute atomic E-state index is 13.1. The molecule has 1 amide bonds. The van der Waals surface area contributed by atoms with Gasteiger partial charge in [0, 0.05) is 31.9 Å². The van der Waals surface area contributed by atoms with Crippen molar-refractivity contribution in [2.75, 3.05) is 38.5 Å². The molecule has 2 aromatic carbocycles. The van der Waals surface area contributed by atoms with E-state index in [9.17, 15) is 13.2 Å². The molecular formula is C22H29N3O3S. The van der Waals surface area contributed by atoms with Gasteiger partial charge in [-0.3, -0.25) is 4.79 Å². The van der Waals surface area contributed by atoms with Crippen LogP contribution >= 0.6 is 0 Å². The maximum atomic E-state index is 13.1. The molecule has 1 aliphatic heterocycles. The molecule has 2 aromatic rings. The van der Waals surface area contributed by atoms with Gasteiger partial charge in [-0.1, -0.05) is 37.3 Å². The monoisotopic (exact) mass is 415 g/mol. The average Bonchev–Trinajstić information content (AvgIpc) is 2.70. The lowest BCUT2D eigenvalue weighted by atomic mass is 10.1. The highest BCUT2D eigenvalue weighted by Gasteiger charge is 2.29. The maximum Gasteiger partial charge on any atom is 0.243 e. The molecule has 3 rings (SSSR count). The molecule has 6 nitrogen and oxygen atoms in total. The van der Waals surface area contributed by atoms with Crippen molar-refractivity contribution in [3.8, 4) is 0 Å². The molecule has 0 radical (unpaired) electrons. The smallest absolute Gasteiger partial charge is 0.243 e. The normalized spacial score (nSPS) is 16.0. The summed E-state index contributed by atoms with van der Waals surface area (Å²) in [6, 6.07) is 13.0. The highest BCUT2D eigenvalue weighted by molar-refractivity contribution is 7.89. The number of benzene rings is 2. The number of likely N-dealkylation sites (N-methyl/N-ethyl adjacent to an activating group) is 1. The zero-order valence-corrected chi connectivity index (χ0v) is 18.1. The predicted octanol–water partition coefficient (Wildman–Crippen LogP) is 2.67. The number of rotatable bonds is 6. The summed E-state index contributed by atoms with van der Waals surface area (Å²) in [5.74, 6) is -0.166. The first-order valence-electron chi connectivity index (χ1n) is 9.96. The van der Waals surface area contributed by atoms with Crippen LogP contribution in [0, 0.1) is 6.92 Å². The zero-order valence-electron chi connectivity index (χ0n) is 17.3. The summed E-state index contributed by atoms with van der Waals surface area (Å²) in [6.07, 6.45) is 1.21. The van der Waals surface area contributed by atoms with Gasteiger partial charge in [-0.15, -0.1) is 0 Å². The molecule has 29 heavy (non-hydrogen) atoms. The third kappa shape index (κ3) is 5.23. The molecule has 0 saturated carbocycles. The Labute approximate surface area is 173 Å². The molecule has 1 saturated heterocycles. The standard InChI is InChI=1S/C22H29N3O3S/c1-4-18-6-8-19(9-7-18)15-22(26)23-20-10-5-17(2)21(16-20)29(27,28)25-13-11-24(3)12-14-25/h5-10,16H,4,11-15H2,1-3H3,(H,23,26). The lowest BCUT2D eigenvalue weighted by Gasteiger charge is -2.32. The summed E-state index contributed by atoms with van der Waals surface area (Å²) in [5, 5.41) is 2.84. The number of aryl methyl sites for hydroxylation is 2. The zero-order chi connectivity index (χ0) is 21.0. The Hall–Kier alpha value is -2.22. The Kier molecular flexibility index (Phi) is 6.72. The second kappa shape index (κ2) is 9.07.